The summed E-state index contributed by atoms with van der Waals surface area (Å²) in [7, 11) is 4.94. The number of anilines is 1. The number of nitrogens with zero attached hydrogens (tertiary/aromatic N) is 10. The Morgan fingerprint density at radius 3 is 2.33 bits per heavy atom. The zero-order valence-corrected chi connectivity index (χ0v) is 30.5. The van der Waals surface area contributed by atoms with Crippen LogP contribution < -0.4 is 26.5 Å². The van der Waals surface area contributed by atoms with E-state index >= 15 is 0 Å². The number of hydrogen-bond acceptors (Lipinski definition) is 11. The van der Waals surface area contributed by atoms with Gasteiger partial charge in [-0.1, -0.05) is 42.5 Å². The van der Waals surface area contributed by atoms with Gasteiger partial charge in [0, 0.05) is 26.7 Å². The summed E-state index contributed by atoms with van der Waals surface area (Å²) in [4.78, 5) is 38.9. The molecule has 0 unspecified atom stereocenters. The number of hydrogen-bond donors (Lipinski definition) is 1. The molecule has 2 N–H and O–H groups in total. The minimum absolute atomic E-state index is 0.263. The van der Waals surface area contributed by atoms with Crippen molar-refractivity contribution in [3.8, 4) is 23.1 Å². The minimum atomic E-state index is -0.337. The Bertz CT molecular complexity index is 2740. The molecule has 16 nitrogen and oxygen atoms in total. The maximum absolute atomic E-state index is 12.7. The van der Waals surface area contributed by atoms with E-state index in [9.17, 15) is 9.59 Å². The molecule has 276 valence electrons. The summed E-state index contributed by atoms with van der Waals surface area (Å²) in [6.45, 7) is 5.10. The Morgan fingerprint density at radius 1 is 0.852 bits per heavy atom. The Balaban J connectivity index is 0.000000167. The number of imidazole rings is 1. The lowest BCUT2D eigenvalue weighted by molar-refractivity contribution is 0.355. The highest BCUT2D eigenvalue weighted by molar-refractivity contribution is 5.90. The van der Waals surface area contributed by atoms with Crippen LogP contribution in [0.5, 0.6) is 11.5 Å². The highest BCUT2D eigenvalue weighted by Crippen LogP contribution is 2.28. The van der Waals surface area contributed by atoms with Crippen LogP contribution in [-0.4, -0.2) is 62.3 Å². The SMILES string of the molecule is CCn1c(=O)c2c(nc(/C=C/c3ccc(OC)c(OC)c3)n2C)n(CC)c1=O.Nc1nc2c(cnn2CCc2ccccc2)c2nc(-c3ccco3)nn12. The molecule has 16 heteroatoms. The fourth-order valence-corrected chi connectivity index (χ4v) is 6.23. The molecule has 0 spiro atoms. The van der Waals surface area contributed by atoms with Gasteiger partial charge in [0.1, 0.15) is 5.82 Å². The molecule has 0 aliphatic carbocycles. The highest BCUT2D eigenvalue weighted by atomic mass is 16.5. The first-order valence-electron chi connectivity index (χ1n) is 17.3. The second-order valence-corrected chi connectivity index (χ2v) is 12.2. The lowest BCUT2D eigenvalue weighted by Crippen LogP contribution is -2.39. The van der Waals surface area contributed by atoms with Gasteiger partial charge >= 0.3 is 5.69 Å². The van der Waals surface area contributed by atoms with Crippen LogP contribution >= 0.6 is 0 Å². The second kappa shape index (κ2) is 14.9. The van der Waals surface area contributed by atoms with Crippen LogP contribution in [0.4, 0.5) is 5.95 Å². The topological polar surface area (TPSA) is 180 Å². The summed E-state index contributed by atoms with van der Waals surface area (Å²) in [5.41, 5.74) is 9.70. The standard InChI is InChI=1S/C20H24N4O4.C18H15N7O/c1-6-23-18-17(19(25)24(7-2)20(23)26)22(3)16(21-18)11-9-13-8-10-14(27-4)15(12-13)28-5;19-18-22-16-13(11-20-24(16)9-8-12-5-2-1-3-6-12)17-21-15(23-25(17)18)14-7-4-10-26-14/h8-12H,6-7H2,1-5H3;1-7,10-11H,8-9H2,(H2,19,22)/b11-9+;. The zero-order chi connectivity index (χ0) is 37.9. The summed E-state index contributed by atoms with van der Waals surface area (Å²) < 4.78 is 23.8. The summed E-state index contributed by atoms with van der Waals surface area (Å²) in [6.07, 6.45) is 7.87. The Labute approximate surface area is 308 Å². The number of furan rings is 1. The summed E-state index contributed by atoms with van der Waals surface area (Å²) >= 11 is 0. The van der Waals surface area contributed by atoms with Crippen molar-refractivity contribution in [3.05, 3.63) is 111 Å². The molecule has 8 rings (SSSR count). The van der Waals surface area contributed by atoms with E-state index in [0.29, 0.717) is 71.0 Å². The quantitative estimate of drug-likeness (QED) is 0.206. The van der Waals surface area contributed by atoms with Gasteiger partial charge in [0.05, 0.1) is 32.1 Å². The molecule has 0 bridgehead atoms. The normalized spacial score (nSPS) is 11.5. The number of nitrogen functional groups attached to an aromatic ring is 1. The number of aromatic nitrogens is 10. The van der Waals surface area contributed by atoms with Crippen molar-refractivity contribution in [2.24, 2.45) is 7.05 Å². The molecular formula is C38H39N11O5. The van der Waals surface area contributed by atoms with Gasteiger partial charge in [-0.3, -0.25) is 13.9 Å². The molecule has 0 atom stereocenters. The molecule has 54 heavy (non-hydrogen) atoms. The third-order valence-electron chi connectivity index (χ3n) is 9.04. The van der Waals surface area contributed by atoms with Crippen molar-refractivity contribution in [1.82, 2.24) is 48.0 Å². The van der Waals surface area contributed by atoms with Crippen LogP contribution in [0, 0.1) is 0 Å². The Morgan fingerprint density at radius 2 is 1.63 bits per heavy atom. The molecule has 0 amide bonds. The van der Waals surface area contributed by atoms with Gasteiger partial charge in [-0.2, -0.15) is 14.6 Å². The summed E-state index contributed by atoms with van der Waals surface area (Å²) in [5.74, 6) is 3.16. The van der Waals surface area contributed by atoms with Gasteiger partial charge in [-0.05, 0) is 61.7 Å². The first-order valence-corrected chi connectivity index (χ1v) is 17.3. The molecule has 0 aliphatic rings. The predicted molar refractivity (Wildman–Crippen MR) is 205 cm³/mol. The lowest BCUT2D eigenvalue weighted by Gasteiger charge is -2.08. The van der Waals surface area contributed by atoms with Crippen LogP contribution in [0.3, 0.4) is 0 Å². The van der Waals surface area contributed by atoms with Gasteiger partial charge < -0.3 is 24.2 Å². The molecule has 2 aromatic carbocycles. The molecule has 6 aromatic heterocycles. The molecule has 0 saturated heterocycles. The smallest absolute Gasteiger partial charge is 0.332 e. The van der Waals surface area contributed by atoms with Crippen molar-refractivity contribution in [3.63, 3.8) is 0 Å². The van der Waals surface area contributed by atoms with Gasteiger partial charge in [-0.15, -0.1) is 5.10 Å². The first kappa shape index (κ1) is 35.4. The van der Waals surface area contributed by atoms with Crippen molar-refractivity contribution < 1.29 is 13.9 Å². The average molecular weight is 730 g/mol. The Hall–Kier alpha value is -6.97. The van der Waals surface area contributed by atoms with Crippen LogP contribution in [-0.2, 0) is 33.1 Å². The molecule has 6 heterocycles. The number of benzene rings is 2. The van der Waals surface area contributed by atoms with Crippen LogP contribution in [0.25, 0.3) is 51.6 Å². The molecule has 0 radical (unpaired) electrons. The van der Waals surface area contributed by atoms with E-state index in [1.54, 1.807) is 63.4 Å². The van der Waals surface area contributed by atoms with E-state index in [-0.39, 0.29) is 17.2 Å². The van der Waals surface area contributed by atoms with Crippen LogP contribution in [0.15, 0.2) is 87.1 Å². The molecular weight excluding hydrogens is 690 g/mol. The maximum Gasteiger partial charge on any atom is 0.332 e. The zero-order valence-electron chi connectivity index (χ0n) is 30.5. The van der Waals surface area contributed by atoms with Crippen LogP contribution in [0.1, 0.15) is 30.8 Å². The average Bonchev–Trinajstić information content (AvgIpc) is 4.01. The first-order chi connectivity index (χ1) is 26.3. The monoisotopic (exact) mass is 729 g/mol. The number of methoxy groups -OCH3 is 2. The number of fused-ring (bicyclic) bond motifs is 4. The van der Waals surface area contributed by atoms with E-state index in [1.807, 2.05) is 54.1 Å². The summed E-state index contributed by atoms with van der Waals surface area (Å²) in [5, 5.41) is 9.67. The maximum atomic E-state index is 12.7. The summed E-state index contributed by atoms with van der Waals surface area (Å²) in [6, 6.07) is 19.4. The van der Waals surface area contributed by atoms with E-state index in [1.165, 1.54) is 19.2 Å². The molecule has 0 aliphatic heterocycles. The van der Waals surface area contributed by atoms with E-state index in [0.717, 1.165) is 17.4 Å². The van der Waals surface area contributed by atoms with Crippen molar-refractivity contribution in [2.75, 3.05) is 20.0 Å². The van der Waals surface area contributed by atoms with Crippen molar-refractivity contribution in [1.29, 1.82) is 0 Å². The van der Waals surface area contributed by atoms with Gasteiger partial charge in [0.2, 0.25) is 11.8 Å². The third kappa shape index (κ3) is 6.48. The molecule has 0 saturated carbocycles. The predicted octanol–water partition coefficient (Wildman–Crippen LogP) is 4.68. The van der Waals surface area contributed by atoms with E-state index in [2.05, 4.69) is 37.3 Å². The lowest BCUT2D eigenvalue weighted by atomic mass is 10.1. The number of ether oxygens (including phenoxy) is 2. The van der Waals surface area contributed by atoms with Crippen LogP contribution in [0.2, 0.25) is 0 Å². The largest absolute Gasteiger partial charge is 0.493 e. The fourth-order valence-electron chi connectivity index (χ4n) is 6.23. The van der Waals surface area contributed by atoms with Gasteiger partial charge in [0.15, 0.2) is 39.7 Å². The number of nitrogens with two attached hydrogens (primary N) is 1. The van der Waals surface area contributed by atoms with Gasteiger partial charge in [-0.25, -0.2) is 19.4 Å². The fraction of sp³-hybridized carbons (Fsp3) is 0.237. The molecule has 0 fully saturated rings. The molecule has 8 aromatic rings. The van der Waals surface area contributed by atoms with E-state index < -0.39 is 0 Å². The highest BCUT2D eigenvalue weighted by Gasteiger charge is 2.19. The van der Waals surface area contributed by atoms with E-state index in [4.69, 9.17) is 19.6 Å². The minimum Gasteiger partial charge on any atom is -0.493 e. The van der Waals surface area contributed by atoms with Gasteiger partial charge in [0.25, 0.3) is 5.56 Å². The van der Waals surface area contributed by atoms with Crippen molar-refractivity contribution >= 4 is 45.9 Å². The number of aryl methyl sites for hydroxylation is 4. The number of rotatable bonds is 10. The Kier molecular flexibility index (Phi) is 9.81. The third-order valence-corrected chi connectivity index (χ3v) is 9.04. The van der Waals surface area contributed by atoms with Crippen molar-refractivity contribution in [2.45, 2.75) is 39.9 Å². The second-order valence-electron chi connectivity index (χ2n) is 12.2.